The van der Waals surface area contributed by atoms with Gasteiger partial charge in [-0.05, 0) is 37.8 Å². The molecule has 3 rings (SSSR count). The Morgan fingerprint density at radius 2 is 2.30 bits per heavy atom. The van der Waals surface area contributed by atoms with Crippen LogP contribution in [-0.4, -0.2) is 21.9 Å². The SMILES string of the molecule is CCOC(c1noc(-c2ccc(N)cc2O)n1)C1CC1. The number of rotatable bonds is 5. The Balaban J connectivity index is 1.89. The van der Waals surface area contributed by atoms with E-state index in [1.165, 1.54) is 6.07 Å². The highest BCUT2D eigenvalue weighted by molar-refractivity contribution is 5.66. The van der Waals surface area contributed by atoms with Crippen molar-refractivity contribution in [2.24, 2.45) is 5.92 Å². The van der Waals surface area contributed by atoms with Gasteiger partial charge in [0.05, 0.1) is 5.56 Å². The van der Waals surface area contributed by atoms with Gasteiger partial charge < -0.3 is 20.1 Å². The number of nitrogens with zero attached hydrogens (tertiary/aromatic N) is 2. The lowest BCUT2D eigenvalue weighted by molar-refractivity contribution is 0.0385. The molecule has 1 saturated carbocycles. The zero-order valence-corrected chi connectivity index (χ0v) is 11.2. The maximum absolute atomic E-state index is 9.88. The highest BCUT2D eigenvalue weighted by Crippen LogP contribution is 2.43. The van der Waals surface area contributed by atoms with E-state index in [0.29, 0.717) is 29.6 Å². The second-order valence-corrected chi connectivity index (χ2v) is 4.95. The lowest BCUT2D eigenvalue weighted by Gasteiger charge is -2.11. The first-order valence-electron chi connectivity index (χ1n) is 6.73. The summed E-state index contributed by atoms with van der Waals surface area (Å²) in [5.41, 5.74) is 6.56. The minimum absolute atomic E-state index is 0.0274. The molecule has 3 N–H and O–H groups in total. The first-order valence-corrected chi connectivity index (χ1v) is 6.73. The molecule has 0 aliphatic heterocycles. The number of ether oxygens (including phenoxy) is 1. The number of aromatic hydroxyl groups is 1. The fraction of sp³-hybridized carbons (Fsp3) is 0.429. The third-order valence-electron chi connectivity index (χ3n) is 3.34. The predicted octanol–water partition coefficient (Wildman–Crippen LogP) is 2.51. The van der Waals surface area contributed by atoms with Crippen LogP contribution in [0.5, 0.6) is 5.75 Å². The molecule has 0 saturated heterocycles. The number of aromatic nitrogens is 2. The van der Waals surface area contributed by atoms with Crippen molar-refractivity contribution in [1.29, 1.82) is 0 Å². The van der Waals surface area contributed by atoms with E-state index in [-0.39, 0.29) is 17.7 Å². The summed E-state index contributed by atoms with van der Waals surface area (Å²) in [6, 6.07) is 4.80. The van der Waals surface area contributed by atoms with Crippen LogP contribution in [0.2, 0.25) is 0 Å². The molecule has 20 heavy (non-hydrogen) atoms. The van der Waals surface area contributed by atoms with Crippen LogP contribution in [0.4, 0.5) is 5.69 Å². The number of nitrogen functional groups attached to an aromatic ring is 1. The van der Waals surface area contributed by atoms with Crippen molar-refractivity contribution in [2.45, 2.75) is 25.9 Å². The molecule has 1 aromatic heterocycles. The van der Waals surface area contributed by atoms with Crippen LogP contribution >= 0.6 is 0 Å². The average Bonchev–Trinajstić information content (AvgIpc) is 3.14. The standard InChI is InChI=1S/C14H17N3O3/c1-2-19-12(8-3-4-8)13-16-14(20-17-13)10-6-5-9(15)7-11(10)18/h5-8,12,18H,2-4,15H2,1H3. The van der Waals surface area contributed by atoms with E-state index in [1.54, 1.807) is 12.1 Å². The van der Waals surface area contributed by atoms with Gasteiger partial charge in [-0.3, -0.25) is 0 Å². The minimum atomic E-state index is -0.117. The van der Waals surface area contributed by atoms with Gasteiger partial charge in [0.15, 0.2) is 0 Å². The summed E-state index contributed by atoms with van der Waals surface area (Å²) < 4.78 is 10.9. The Bertz CT molecular complexity index is 607. The Morgan fingerprint density at radius 1 is 1.50 bits per heavy atom. The minimum Gasteiger partial charge on any atom is -0.507 e. The van der Waals surface area contributed by atoms with Gasteiger partial charge in [-0.2, -0.15) is 4.98 Å². The van der Waals surface area contributed by atoms with Gasteiger partial charge in [-0.15, -0.1) is 0 Å². The van der Waals surface area contributed by atoms with E-state index in [0.717, 1.165) is 12.8 Å². The second kappa shape index (κ2) is 5.13. The molecule has 106 valence electrons. The van der Waals surface area contributed by atoms with E-state index in [2.05, 4.69) is 10.1 Å². The van der Waals surface area contributed by atoms with Gasteiger partial charge in [-0.1, -0.05) is 5.16 Å². The van der Waals surface area contributed by atoms with Gasteiger partial charge >= 0.3 is 0 Å². The molecule has 0 bridgehead atoms. The van der Waals surface area contributed by atoms with Crippen LogP contribution in [0.25, 0.3) is 11.5 Å². The number of nitrogens with two attached hydrogens (primary N) is 1. The van der Waals surface area contributed by atoms with Gasteiger partial charge in [0, 0.05) is 18.4 Å². The van der Waals surface area contributed by atoms with Gasteiger partial charge in [-0.25, -0.2) is 0 Å². The number of hydrogen-bond acceptors (Lipinski definition) is 6. The van der Waals surface area contributed by atoms with Crippen LogP contribution < -0.4 is 5.73 Å². The second-order valence-electron chi connectivity index (χ2n) is 4.95. The zero-order chi connectivity index (χ0) is 14.1. The summed E-state index contributed by atoms with van der Waals surface area (Å²) in [7, 11) is 0. The smallest absolute Gasteiger partial charge is 0.261 e. The van der Waals surface area contributed by atoms with E-state index in [9.17, 15) is 5.11 Å². The molecule has 1 fully saturated rings. The Morgan fingerprint density at radius 3 is 2.95 bits per heavy atom. The predicted molar refractivity (Wildman–Crippen MR) is 72.9 cm³/mol. The maximum Gasteiger partial charge on any atom is 0.261 e. The van der Waals surface area contributed by atoms with Crippen molar-refractivity contribution in [1.82, 2.24) is 10.1 Å². The molecule has 1 aromatic carbocycles. The normalized spacial score (nSPS) is 16.2. The highest BCUT2D eigenvalue weighted by atomic mass is 16.5. The quantitative estimate of drug-likeness (QED) is 0.814. The van der Waals surface area contributed by atoms with Gasteiger partial charge in [0.2, 0.25) is 5.82 Å². The van der Waals surface area contributed by atoms with Crippen LogP contribution in [-0.2, 0) is 4.74 Å². The average molecular weight is 275 g/mol. The Kier molecular flexibility index (Phi) is 3.31. The number of anilines is 1. The fourth-order valence-electron chi connectivity index (χ4n) is 2.19. The molecule has 1 heterocycles. The van der Waals surface area contributed by atoms with Crippen molar-refractivity contribution >= 4 is 5.69 Å². The number of phenols is 1. The summed E-state index contributed by atoms with van der Waals surface area (Å²) in [5, 5.41) is 13.9. The molecule has 0 amide bonds. The third-order valence-corrected chi connectivity index (χ3v) is 3.34. The first kappa shape index (κ1) is 12.9. The largest absolute Gasteiger partial charge is 0.507 e. The van der Waals surface area contributed by atoms with Crippen LogP contribution in [0, 0.1) is 5.92 Å². The van der Waals surface area contributed by atoms with E-state index < -0.39 is 0 Å². The molecular weight excluding hydrogens is 258 g/mol. The highest BCUT2D eigenvalue weighted by Gasteiger charge is 2.36. The van der Waals surface area contributed by atoms with Crippen molar-refractivity contribution in [3.63, 3.8) is 0 Å². The molecular formula is C14H17N3O3. The molecule has 1 aliphatic rings. The number of phenolic OH excluding ortho intramolecular Hbond substituents is 1. The lowest BCUT2D eigenvalue weighted by atomic mass is 10.2. The Labute approximate surface area is 116 Å². The van der Waals surface area contributed by atoms with E-state index in [1.807, 2.05) is 6.92 Å². The van der Waals surface area contributed by atoms with Crippen molar-refractivity contribution in [3.05, 3.63) is 24.0 Å². The number of hydrogen-bond donors (Lipinski definition) is 2. The summed E-state index contributed by atoms with van der Waals surface area (Å²) >= 11 is 0. The summed E-state index contributed by atoms with van der Waals surface area (Å²) in [6.45, 7) is 2.56. The van der Waals surface area contributed by atoms with Crippen molar-refractivity contribution in [3.8, 4) is 17.2 Å². The molecule has 2 aromatic rings. The molecule has 0 radical (unpaired) electrons. The van der Waals surface area contributed by atoms with Crippen LogP contribution in [0.1, 0.15) is 31.7 Å². The topological polar surface area (TPSA) is 94.4 Å². The summed E-state index contributed by atoms with van der Waals surface area (Å²) in [4.78, 5) is 4.35. The first-order chi connectivity index (χ1) is 9.69. The lowest BCUT2D eigenvalue weighted by Crippen LogP contribution is -2.08. The molecule has 6 heteroatoms. The van der Waals surface area contributed by atoms with Crippen molar-refractivity contribution < 1.29 is 14.4 Å². The van der Waals surface area contributed by atoms with Gasteiger partial charge in [0.25, 0.3) is 5.89 Å². The summed E-state index contributed by atoms with van der Waals surface area (Å²) in [6.07, 6.45) is 2.14. The van der Waals surface area contributed by atoms with Gasteiger partial charge in [0.1, 0.15) is 11.9 Å². The molecule has 6 nitrogen and oxygen atoms in total. The van der Waals surface area contributed by atoms with Crippen molar-refractivity contribution in [2.75, 3.05) is 12.3 Å². The van der Waals surface area contributed by atoms with E-state index in [4.69, 9.17) is 15.0 Å². The molecule has 1 atom stereocenters. The molecule has 1 unspecified atom stereocenters. The van der Waals surface area contributed by atoms with Crippen LogP contribution in [0.15, 0.2) is 22.7 Å². The number of benzene rings is 1. The fourth-order valence-corrected chi connectivity index (χ4v) is 2.19. The summed E-state index contributed by atoms with van der Waals surface area (Å²) in [5.74, 6) is 1.32. The van der Waals surface area contributed by atoms with E-state index >= 15 is 0 Å². The molecule has 1 aliphatic carbocycles. The monoisotopic (exact) mass is 275 g/mol. The van der Waals surface area contributed by atoms with Crippen LogP contribution in [0.3, 0.4) is 0 Å². The third kappa shape index (κ3) is 2.46. The Hall–Kier alpha value is -2.08. The maximum atomic E-state index is 9.88. The molecule has 0 spiro atoms. The zero-order valence-electron chi connectivity index (χ0n) is 11.2.